The number of nitrogens with one attached hydrogen (secondary N) is 1. The van der Waals surface area contributed by atoms with Gasteiger partial charge in [0.25, 0.3) is 5.56 Å². The first-order valence-electron chi connectivity index (χ1n) is 8.15. The highest BCUT2D eigenvalue weighted by atomic mass is 32.1. The summed E-state index contributed by atoms with van der Waals surface area (Å²) in [7, 11) is 0. The molecule has 7 heteroatoms. The minimum absolute atomic E-state index is 0.115. The van der Waals surface area contributed by atoms with Gasteiger partial charge < -0.3 is 10.4 Å². The lowest BCUT2D eigenvalue weighted by molar-refractivity contribution is 0.712. The summed E-state index contributed by atoms with van der Waals surface area (Å²) >= 11 is 5.06. The van der Waals surface area contributed by atoms with Crippen molar-refractivity contribution in [3.63, 3.8) is 0 Å². The summed E-state index contributed by atoms with van der Waals surface area (Å²) in [5.74, 6) is 6.39. The number of pyridine rings is 1. The molecular weight excluding hydrogens is 346 g/mol. The number of H-pyrrole nitrogens is 1. The molecule has 3 N–H and O–H groups in total. The van der Waals surface area contributed by atoms with Crippen LogP contribution < -0.4 is 11.4 Å². The standard InChI is InChI=1S/C19H17N5OS/c1-12-7-8-14-15(13-5-3-2-4-6-13)10-18(25)23(16(14)9-12)11-17-21-22-19(26)24(17)20/h2-10H,11,20H2,1H3,(H,22,26). The minimum Gasteiger partial charge on any atom is -0.335 e. The van der Waals surface area contributed by atoms with Gasteiger partial charge in [-0.1, -0.05) is 42.5 Å². The van der Waals surface area contributed by atoms with Crippen molar-refractivity contribution in [3.05, 3.63) is 81.1 Å². The maximum Gasteiger partial charge on any atom is 0.252 e. The van der Waals surface area contributed by atoms with Crippen LogP contribution in [0, 0.1) is 11.7 Å². The molecule has 0 spiro atoms. The number of hydrogen-bond donors (Lipinski definition) is 2. The van der Waals surface area contributed by atoms with Crippen molar-refractivity contribution in [1.29, 1.82) is 0 Å². The number of hydrogen-bond acceptors (Lipinski definition) is 4. The van der Waals surface area contributed by atoms with Crippen molar-refractivity contribution in [3.8, 4) is 11.1 Å². The van der Waals surface area contributed by atoms with E-state index in [4.69, 9.17) is 18.1 Å². The molecule has 0 aliphatic heterocycles. The largest absolute Gasteiger partial charge is 0.335 e. The van der Waals surface area contributed by atoms with E-state index in [2.05, 4.69) is 10.2 Å². The third-order valence-electron chi connectivity index (χ3n) is 4.43. The normalized spacial score (nSPS) is 11.1. The molecule has 26 heavy (non-hydrogen) atoms. The van der Waals surface area contributed by atoms with Gasteiger partial charge in [0.15, 0.2) is 5.82 Å². The fourth-order valence-electron chi connectivity index (χ4n) is 3.10. The topological polar surface area (TPSA) is 81.6 Å². The second-order valence-corrected chi connectivity index (χ2v) is 6.57. The van der Waals surface area contributed by atoms with Crippen molar-refractivity contribution in [2.45, 2.75) is 13.5 Å². The molecule has 0 saturated heterocycles. The van der Waals surface area contributed by atoms with Gasteiger partial charge in [-0.25, -0.2) is 4.68 Å². The van der Waals surface area contributed by atoms with E-state index in [1.54, 1.807) is 10.6 Å². The number of aryl methyl sites for hydroxylation is 1. The molecule has 130 valence electrons. The van der Waals surface area contributed by atoms with Crippen LogP contribution >= 0.6 is 12.2 Å². The van der Waals surface area contributed by atoms with E-state index < -0.39 is 0 Å². The van der Waals surface area contributed by atoms with E-state index in [9.17, 15) is 4.79 Å². The molecule has 0 aliphatic carbocycles. The molecule has 2 aromatic carbocycles. The summed E-state index contributed by atoms with van der Waals surface area (Å²) in [4.78, 5) is 12.9. The molecule has 0 unspecified atom stereocenters. The van der Waals surface area contributed by atoms with E-state index >= 15 is 0 Å². The molecule has 0 saturated carbocycles. The zero-order valence-corrected chi connectivity index (χ0v) is 15.0. The van der Waals surface area contributed by atoms with Gasteiger partial charge in [-0.05, 0) is 41.9 Å². The highest BCUT2D eigenvalue weighted by Gasteiger charge is 2.13. The van der Waals surface area contributed by atoms with Gasteiger partial charge in [-0.3, -0.25) is 9.89 Å². The minimum atomic E-state index is -0.115. The predicted octanol–water partition coefficient (Wildman–Crippen LogP) is 2.99. The fraction of sp³-hybridized carbons (Fsp3) is 0.105. The van der Waals surface area contributed by atoms with Gasteiger partial charge in [0.2, 0.25) is 4.77 Å². The lowest BCUT2D eigenvalue weighted by Crippen LogP contribution is -2.24. The summed E-state index contributed by atoms with van der Waals surface area (Å²) in [6, 6.07) is 17.7. The van der Waals surface area contributed by atoms with Crippen LogP contribution in [0.15, 0.2) is 59.4 Å². The van der Waals surface area contributed by atoms with Crippen LogP contribution in [-0.4, -0.2) is 19.4 Å². The first-order chi connectivity index (χ1) is 12.5. The third-order valence-corrected chi connectivity index (χ3v) is 4.72. The van der Waals surface area contributed by atoms with Gasteiger partial charge >= 0.3 is 0 Å². The highest BCUT2D eigenvalue weighted by Crippen LogP contribution is 2.28. The molecule has 2 heterocycles. The molecular formula is C19H17N5OS. The van der Waals surface area contributed by atoms with E-state index in [0.29, 0.717) is 10.6 Å². The zero-order valence-electron chi connectivity index (χ0n) is 14.1. The molecule has 0 radical (unpaired) electrons. The highest BCUT2D eigenvalue weighted by molar-refractivity contribution is 7.71. The van der Waals surface area contributed by atoms with Crippen LogP contribution in [0.2, 0.25) is 0 Å². The van der Waals surface area contributed by atoms with Gasteiger partial charge in [0, 0.05) is 11.5 Å². The Hall–Kier alpha value is -3.19. The van der Waals surface area contributed by atoms with Crippen molar-refractivity contribution in [2.24, 2.45) is 0 Å². The Bertz CT molecular complexity index is 1220. The fourth-order valence-corrected chi connectivity index (χ4v) is 3.25. The molecule has 0 fully saturated rings. The number of nitrogens with two attached hydrogens (primary N) is 1. The Kier molecular flexibility index (Phi) is 3.93. The number of nitrogen functional groups attached to an aromatic ring is 1. The Morgan fingerprint density at radius 1 is 1.15 bits per heavy atom. The van der Waals surface area contributed by atoms with Crippen LogP contribution in [0.1, 0.15) is 11.4 Å². The van der Waals surface area contributed by atoms with Gasteiger partial charge in [-0.2, -0.15) is 5.10 Å². The Morgan fingerprint density at radius 3 is 2.62 bits per heavy atom. The van der Waals surface area contributed by atoms with E-state index in [-0.39, 0.29) is 12.1 Å². The Morgan fingerprint density at radius 2 is 1.92 bits per heavy atom. The van der Waals surface area contributed by atoms with Crippen LogP contribution in [-0.2, 0) is 6.54 Å². The van der Waals surface area contributed by atoms with Gasteiger partial charge in [-0.15, -0.1) is 0 Å². The molecule has 6 nitrogen and oxygen atoms in total. The molecule has 0 atom stereocenters. The number of nitrogens with zero attached hydrogens (tertiary/aromatic N) is 3. The average molecular weight is 363 g/mol. The zero-order chi connectivity index (χ0) is 18.3. The second-order valence-electron chi connectivity index (χ2n) is 6.18. The molecule has 4 rings (SSSR count). The number of aromatic nitrogens is 4. The summed E-state index contributed by atoms with van der Waals surface area (Å²) < 4.78 is 3.27. The maximum atomic E-state index is 12.9. The van der Waals surface area contributed by atoms with E-state index in [0.717, 1.165) is 27.6 Å². The molecule has 2 aromatic heterocycles. The number of benzene rings is 2. The first-order valence-corrected chi connectivity index (χ1v) is 8.56. The lowest BCUT2D eigenvalue weighted by atomic mass is 10.00. The third kappa shape index (κ3) is 2.72. The van der Waals surface area contributed by atoms with Crippen LogP contribution in [0.25, 0.3) is 22.0 Å². The SMILES string of the molecule is Cc1ccc2c(-c3ccccc3)cc(=O)n(Cc3n[nH]c(=S)n3N)c2c1. The first kappa shape index (κ1) is 16.3. The molecule has 0 amide bonds. The van der Waals surface area contributed by atoms with Gasteiger partial charge in [0.1, 0.15) is 0 Å². The summed E-state index contributed by atoms with van der Waals surface area (Å²) in [5, 5.41) is 7.77. The maximum absolute atomic E-state index is 12.9. The monoisotopic (exact) mass is 363 g/mol. The summed E-state index contributed by atoms with van der Waals surface area (Å²) in [5.41, 5.74) is 3.71. The molecule has 0 bridgehead atoms. The number of rotatable bonds is 3. The molecule has 4 aromatic rings. The van der Waals surface area contributed by atoms with Crippen molar-refractivity contribution in [2.75, 3.05) is 5.84 Å². The van der Waals surface area contributed by atoms with Gasteiger partial charge in [0.05, 0.1) is 12.1 Å². The average Bonchev–Trinajstić information content (AvgIpc) is 2.96. The summed E-state index contributed by atoms with van der Waals surface area (Å²) in [6.45, 7) is 2.24. The predicted molar refractivity (Wildman–Crippen MR) is 105 cm³/mol. The smallest absolute Gasteiger partial charge is 0.252 e. The summed E-state index contributed by atoms with van der Waals surface area (Å²) in [6.07, 6.45) is 0. The van der Waals surface area contributed by atoms with E-state index in [1.807, 2.05) is 55.5 Å². The Balaban J connectivity index is 1.99. The van der Waals surface area contributed by atoms with Crippen LogP contribution in [0.5, 0.6) is 0 Å². The van der Waals surface area contributed by atoms with Crippen molar-refractivity contribution in [1.82, 2.24) is 19.4 Å². The second kappa shape index (κ2) is 6.27. The lowest BCUT2D eigenvalue weighted by Gasteiger charge is -2.14. The Labute approximate surface area is 154 Å². The quantitative estimate of drug-likeness (QED) is 0.433. The number of aromatic amines is 1. The number of fused-ring (bicyclic) bond motifs is 1. The van der Waals surface area contributed by atoms with E-state index in [1.165, 1.54) is 4.68 Å². The van der Waals surface area contributed by atoms with Crippen LogP contribution in [0.4, 0.5) is 0 Å². The van der Waals surface area contributed by atoms with Crippen molar-refractivity contribution >= 4 is 23.1 Å². The van der Waals surface area contributed by atoms with Crippen LogP contribution in [0.3, 0.4) is 0 Å². The molecule has 0 aliphatic rings. The van der Waals surface area contributed by atoms with Crippen molar-refractivity contribution < 1.29 is 0 Å².